The van der Waals surface area contributed by atoms with Crippen LogP contribution in [0.4, 0.5) is 0 Å². The van der Waals surface area contributed by atoms with Gasteiger partial charge in [-0.05, 0) is 56.0 Å². The van der Waals surface area contributed by atoms with E-state index in [0.29, 0.717) is 6.42 Å². The molecule has 1 aliphatic carbocycles. The molecule has 2 atom stereocenters. The molecule has 0 unspecified atom stereocenters. The molecule has 4 nitrogen and oxygen atoms in total. The lowest BCUT2D eigenvalue weighted by atomic mass is 10.0. The molecule has 4 rings (SSSR count). The standard InChI is InChI=1S/C19H17NO3/c1-10-5-11(2)7-13(6-10)18-16-8-12(3-4-17(16)20-23-18)14-9-15(14)19(21)22/h3-8,14-15H,9H2,1-2H3,(H,21,22)/t14-,15+/m1/s1. The van der Waals surface area contributed by atoms with E-state index in [2.05, 4.69) is 37.2 Å². The van der Waals surface area contributed by atoms with Gasteiger partial charge < -0.3 is 9.63 Å². The third kappa shape index (κ3) is 2.40. The highest BCUT2D eigenvalue weighted by atomic mass is 16.5. The van der Waals surface area contributed by atoms with Crippen LogP contribution in [0.15, 0.2) is 40.9 Å². The van der Waals surface area contributed by atoms with E-state index < -0.39 is 5.97 Å². The normalized spacial score (nSPS) is 19.9. The minimum atomic E-state index is -0.713. The van der Waals surface area contributed by atoms with E-state index in [4.69, 9.17) is 9.63 Å². The Morgan fingerprint density at radius 2 is 1.91 bits per heavy atom. The summed E-state index contributed by atoms with van der Waals surface area (Å²) in [6.07, 6.45) is 0.713. The fourth-order valence-corrected chi connectivity index (χ4v) is 3.34. The SMILES string of the molecule is Cc1cc(C)cc(-c2onc3ccc([C@H]4C[C@@H]4C(=O)O)cc23)c1. The summed E-state index contributed by atoms with van der Waals surface area (Å²) in [5, 5.41) is 14.2. The molecular weight excluding hydrogens is 290 g/mol. The third-order valence-corrected chi connectivity index (χ3v) is 4.52. The van der Waals surface area contributed by atoms with Crippen molar-refractivity contribution in [1.29, 1.82) is 0 Å². The van der Waals surface area contributed by atoms with Gasteiger partial charge in [0.05, 0.1) is 5.92 Å². The molecule has 0 radical (unpaired) electrons. The van der Waals surface area contributed by atoms with Gasteiger partial charge in [-0.2, -0.15) is 0 Å². The van der Waals surface area contributed by atoms with Crippen LogP contribution >= 0.6 is 0 Å². The number of nitrogens with zero attached hydrogens (tertiary/aromatic N) is 1. The molecule has 0 saturated heterocycles. The summed E-state index contributed by atoms with van der Waals surface area (Å²) in [7, 11) is 0. The molecule has 1 saturated carbocycles. The van der Waals surface area contributed by atoms with Crippen LogP contribution in [0.3, 0.4) is 0 Å². The predicted octanol–water partition coefficient (Wildman–Crippen LogP) is 4.30. The second kappa shape index (κ2) is 4.95. The molecule has 1 heterocycles. The lowest BCUT2D eigenvalue weighted by Gasteiger charge is -2.03. The van der Waals surface area contributed by atoms with Crippen LogP contribution in [-0.2, 0) is 4.79 Å². The van der Waals surface area contributed by atoms with E-state index in [-0.39, 0.29) is 11.8 Å². The van der Waals surface area contributed by atoms with Gasteiger partial charge in [-0.15, -0.1) is 0 Å². The molecule has 1 aromatic heterocycles. The van der Waals surface area contributed by atoms with Gasteiger partial charge in [0.1, 0.15) is 5.52 Å². The molecular formula is C19H17NO3. The van der Waals surface area contributed by atoms with Crippen molar-refractivity contribution in [2.75, 3.05) is 0 Å². The average Bonchev–Trinajstić information content (AvgIpc) is 3.19. The van der Waals surface area contributed by atoms with Gasteiger partial charge in [0, 0.05) is 10.9 Å². The second-order valence-electron chi connectivity index (χ2n) is 6.45. The Kier molecular flexibility index (Phi) is 3.01. The maximum atomic E-state index is 11.1. The first-order valence-electron chi connectivity index (χ1n) is 7.74. The number of fused-ring (bicyclic) bond motifs is 1. The van der Waals surface area contributed by atoms with Gasteiger partial charge in [-0.25, -0.2) is 0 Å². The first-order valence-corrected chi connectivity index (χ1v) is 7.74. The van der Waals surface area contributed by atoms with Crippen LogP contribution in [0.5, 0.6) is 0 Å². The number of aliphatic carboxylic acids is 1. The Hall–Kier alpha value is -2.62. The Labute approximate surface area is 133 Å². The molecule has 4 heteroatoms. The Bertz CT molecular complexity index is 905. The van der Waals surface area contributed by atoms with Gasteiger partial charge in [0.15, 0.2) is 5.76 Å². The number of rotatable bonds is 3. The fourth-order valence-electron chi connectivity index (χ4n) is 3.34. The maximum Gasteiger partial charge on any atom is 0.307 e. The van der Waals surface area contributed by atoms with Crippen LogP contribution in [0, 0.1) is 19.8 Å². The number of hydrogen-bond donors (Lipinski definition) is 1. The first kappa shape index (κ1) is 14.0. The van der Waals surface area contributed by atoms with E-state index in [1.54, 1.807) is 0 Å². The number of carboxylic acid groups (broad SMARTS) is 1. The molecule has 1 fully saturated rings. The van der Waals surface area contributed by atoms with E-state index in [1.165, 1.54) is 11.1 Å². The van der Waals surface area contributed by atoms with Crippen LogP contribution in [-0.4, -0.2) is 16.2 Å². The van der Waals surface area contributed by atoms with E-state index in [9.17, 15) is 4.79 Å². The van der Waals surface area contributed by atoms with Gasteiger partial charge >= 0.3 is 5.97 Å². The van der Waals surface area contributed by atoms with Crippen molar-refractivity contribution < 1.29 is 14.4 Å². The first-order chi connectivity index (χ1) is 11.0. The molecule has 0 aliphatic heterocycles. The molecule has 1 N–H and O–H groups in total. The van der Waals surface area contributed by atoms with E-state index in [0.717, 1.165) is 27.8 Å². The lowest BCUT2D eigenvalue weighted by molar-refractivity contribution is -0.138. The molecule has 0 amide bonds. The van der Waals surface area contributed by atoms with Crippen LogP contribution in [0.2, 0.25) is 0 Å². The average molecular weight is 307 g/mol. The number of benzene rings is 2. The Morgan fingerprint density at radius 1 is 1.17 bits per heavy atom. The quantitative estimate of drug-likeness (QED) is 0.783. The van der Waals surface area contributed by atoms with E-state index >= 15 is 0 Å². The second-order valence-corrected chi connectivity index (χ2v) is 6.45. The van der Waals surface area contributed by atoms with Crippen molar-refractivity contribution in [2.24, 2.45) is 5.92 Å². The summed E-state index contributed by atoms with van der Waals surface area (Å²) in [5.41, 5.74) is 5.21. The van der Waals surface area contributed by atoms with Gasteiger partial charge in [-0.3, -0.25) is 4.79 Å². The Balaban J connectivity index is 1.80. The minimum absolute atomic E-state index is 0.110. The summed E-state index contributed by atoms with van der Waals surface area (Å²) in [6, 6.07) is 12.2. The third-order valence-electron chi connectivity index (χ3n) is 4.52. The molecule has 1 aliphatic rings. The molecule has 23 heavy (non-hydrogen) atoms. The van der Waals surface area contributed by atoms with Gasteiger partial charge in [0.25, 0.3) is 0 Å². The summed E-state index contributed by atoms with van der Waals surface area (Å²) in [5.74, 6) is -0.105. The summed E-state index contributed by atoms with van der Waals surface area (Å²) in [6.45, 7) is 4.12. The zero-order valence-corrected chi connectivity index (χ0v) is 13.0. The lowest BCUT2D eigenvalue weighted by Crippen LogP contribution is -1.98. The summed E-state index contributed by atoms with van der Waals surface area (Å²) in [4.78, 5) is 11.1. The number of hydrogen-bond acceptors (Lipinski definition) is 3. The molecule has 0 spiro atoms. The highest BCUT2D eigenvalue weighted by Crippen LogP contribution is 2.48. The van der Waals surface area contributed by atoms with Crippen molar-refractivity contribution in [2.45, 2.75) is 26.2 Å². The molecule has 2 aromatic carbocycles. The zero-order valence-electron chi connectivity index (χ0n) is 13.0. The van der Waals surface area contributed by atoms with E-state index in [1.807, 2.05) is 18.2 Å². The minimum Gasteiger partial charge on any atom is -0.481 e. The monoisotopic (exact) mass is 307 g/mol. The maximum absolute atomic E-state index is 11.1. The van der Waals surface area contributed by atoms with Crippen molar-refractivity contribution in [3.63, 3.8) is 0 Å². The van der Waals surface area contributed by atoms with Gasteiger partial charge in [0.2, 0.25) is 0 Å². The Morgan fingerprint density at radius 3 is 2.57 bits per heavy atom. The van der Waals surface area contributed by atoms with Crippen molar-refractivity contribution in [3.05, 3.63) is 53.1 Å². The predicted molar refractivity (Wildman–Crippen MR) is 87.4 cm³/mol. The molecule has 116 valence electrons. The number of carbonyl (C=O) groups is 1. The van der Waals surface area contributed by atoms with Crippen molar-refractivity contribution >= 4 is 16.9 Å². The van der Waals surface area contributed by atoms with Crippen molar-refractivity contribution in [3.8, 4) is 11.3 Å². The smallest absolute Gasteiger partial charge is 0.307 e. The largest absolute Gasteiger partial charge is 0.481 e. The number of aryl methyl sites for hydroxylation is 2. The molecule has 0 bridgehead atoms. The number of carboxylic acids is 1. The number of aromatic nitrogens is 1. The van der Waals surface area contributed by atoms with Crippen LogP contribution in [0.25, 0.3) is 22.2 Å². The van der Waals surface area contributed by atoms with Gasteiger partial charge in [-0.1, -0.05) is 28.4 Å². The summed E-state index contributed by atoms with van der Waals surface area (Å²) < 4.78 is 5.57. The fraction of sp³-hybridized carbons (Fsp3) is 0.263. The van der Waals surface area contributed by atoms with Crippen LogP contribution in [0.1, 0.15) is 29.0 Å². The highest BCUT2D eigenvalue weighted by Gasteiger charge is 2.44. The highest BCUT2D eigenvalue weighted by molar-refractivity contribution is 5.92. The zero-order chi connectivity index (χ0) is 16.1. The van der Waals surface area contributed by atoms with Crippen molar-refractivity contribution in [1.82, 2.24) is 5.16 Å². The summed E-state index contributed by atoms with van der Waals surface area (Å²) >= 11 is 0. The molecule has 3 aromatic rings. The topological polar surface area (TPSA) is 63.3 Å². The van der Waals surface area contributed by atoms with Crippen LogP contribution < -0.4 is 0 Å².